The van der Waals surface area contributed by atoms with E-state index in [2.05, 4.69) is 12.1 Å². The lowest BCUT2D eigenvalue weighted by molar-refractivity contribution is -0.138. The molecule has 0 heterocycles. The Kier molecular flexibility index (Phi) is 8.93. The number of nitriles is 2. The zero-order chi connectivity index (χ0) is 32.9. The van der Waals surface area contributed by atoms with Gasteiger partial charge >= 0.3 is 12.4 Å². The van der Waals surface area contributed by atoms with Crippen LogP contribution < -0.4 is 0 Å². The summed E-state index contributed by atoms with van der Waals surface area (Å²) in [5, 5.41) is 19.2. The van der Waals surface area contributed by atoms with E-state index in [1.54, 1.807) is 12.2 Å². The van der Waals surface area contributed by atoms with Gasteiger partial charge in [0, 0.05) is 0 Å². The van der Waals surface area contributed by atoms with Crippen LogP contribution in [0.1, 0.15) is 33.4 Å². The van der Waals surface area contributed by atoms with Crippen LogP contribution in [0.3, 0.4) is 0 Å². The number of halogens is 6. The Labute approximate surface area is 261 Å². The molecular formula is C38H22F6N2. The van der Waals surface area contributed by atoms with Crippen molar-refractivity contribution in [3.8, 4) is 34.4 Å². The summed E-state index contributed by atoms with van der Waals surface area (Å²) in [6.45, 7) is 0. The third-order valence-corrected chi connectivity index (χ3v) is 7.28. The Balaban J connectivity index is 1.28. The van der Waals surface area contributed by atoms with Gasteiger partial charge in [0.1, 0.15) is 0 Å². The molecule has 0 N–H and O–H groups in total. The third-order valence-electron chi connectivity index (χ3n) is 7.28. The summed E-state index contributed by atoms with van der Waals surface area (Å²) in [5.74, 6) is 0. The molecular weight excluding hydrogens is 598 g/mol. The van der Waals surface area contributed by atoms with Gasteiger partial charge in [0.05, 0.1) is 34.4 Å². The van der Waals surface area contributed by atoms with E-state index in [9.17, 15) is 36.9 Å². The highest BCUT2D eigenvalue weighted by atomic mass is 19.4. The molecule has 8 heteroatoms. The molecule has 0 radical (unpaired) electrons. The topological polar surface area (TPSA) is 47.6 Å². The first-order chi connectivity index (χ1) is 21.9. The molecule has 0 unspecified atom stereocenters. The predicted octanol–water partition coefficient (Wildman–Crippen LogP) is 11.2. The van der Waals surface area contributed by atoms with E-state index in [0.29, 0.717) is 11.1 Å². The molecule has 46 heavy (non-hydrogen) atoms. The van der Waals surface area contributed by atoms with Crippen molar-refractivity contribution in [2.45, 2.75) is 12.4 Å². The zero-order valence-electron chi connectivity index (χ0n) is 23.9. The van der Waals surface area contributed by atoms with Crippen molar-refractivity contribution in [2.75, 3.05) is 0 Å². The van der Waals surface area contributed by atoms with E-state index in [4.69, 9.17) is 0 Å². The molecule has 5 rings (SSSR count). The van der Waals surface area contributed by atoms with Gasteiger partial charge in [-0.05, 0) is 80.9 Å². The predicted molar refractivity (Wildman–Crippen MR) is 167 cm³/mol. The molecule has 0 saturated heterocycles. The quantitative estimate of drug-likeness (QED) is 0.108. The second-order valence-electron chi connectivity index (χ2n) is 10.3. The summed E-state index contributed by atoms with van der Waals surface area (Å²) in [6, 6.07) is 35.8. The number of rotatable bonds is 6. The molecule has 5 aromatic rings. The maximum Gasteiger partial charge on any atom is 0.416 e. The van der Waals surface area contributed by atoms with Crippen LogP contribution >= 0.6 is 0 Å². The normalized spacial score (nSPS) is 12.3. The van der Waals surface area contributed by atoms with Crippen LogP contribution in [0.5, 0.6) is 0 Å². The van der Waals surface area contributed by atoms with Gasteiger partial charge in [-0.1, -0.05) is 97.1 Å². The van der Waals surface area contributed by atoms with Crippen LogP contribution in [-0.4, -0.2) is 0 Å². The summed E-state index contributed by atoms with van der Waals surface area (Å²) >= 11 is 0. The fourth-order valence-corrected chi connectivity index (χ4v) is 4.77. The molecule has 0 bridgehead atoms. The van der Waals surface area contributed by atoms with E-state index in [1.807, 2.05) is 72.8 Å². The summed E-state index contributed by atoms with van der Waals surface area (Å²) < 4.78 is 77.2. The van der Waals surface area contributed by atoms with Gasteiger partial charge in [-0.3, -0.25) is 0 Å². The highest BCUT2D eigenvalue weighted by molar-refractivity contribution is 5.91. The Bertz CT molecular complexity index is 1820. The highest BCUT2D eigenvalue weighted by Gasteiger charge is 2.30. The number of alkyl halides is 6. The molecule has 0 aliphatic rings. The van der Waals surface area contributed by atoms with Crippen LogP contribution in [0.4, 0.5) is 26.3 Å². The molecule has 5 aromatic carbocycles. The fourth-order valence-electron chi connectivity index (χ4n) is 4.77. The van der Waals surface area contributed by atoms with Gasteiger partial charge < -0.3 is 0 Å². The van der Waals surface area contributed by atoms with Crippen molar-refractivity contribution >= 4 is 23.3 Å². The van der Waals surface area contributed by atoms with Gasteiger partial charge in [0.15, 0.2) is 0 Å². The van der Waals surface area contributed by atoms with E-state index in [-0.39, 0.29) is 11.1 Å². The average Bonchev–Trinajstić information content (AvgIpc) is 3.06. The average molecular weight is 621 g/mol. The molecule has 0 spiro atoms. The molecule has 0 atom stereocenters. The van der Waals surface area contributed by atoms with E-state index in [0.717, 1.165) is 57.6 Å². The minimum Gasteiger partial charge on any atom is -0.192 e. The molecule has 0 aliphatic carbocycles. The Morgan fingerprint density at radius 2 is 0.674 bits per heavy atom. The lowest BCUT2D eigenvalue weighted by Gasteiger charge is -2.08. The van der Waals surface area contributed by atoms with Crippen molar-refractivity contribution < 1.29 is 26.3 Å². The highest BCUT2D eigenvalue weighted by Crippen LogP contribution is 2.32. The lowest BCUT2D eigenvalue weighted by atomic mass is 9.97. The standard InChI is InChI=1S/C38H22F6N2/c39-37(40,41)35-17-13-31(14-18-35)33(23-45)21-25-1-5-27(6-2-25)29-9-11-30(12-10-29)28-7-3-26(4-8-28)22-34(24-46)32-15-19-36(20-16-32)38(42,43)44/h1-22H/b33-21+,34-22+. The number of benzene rings is 5. The molecule has 2 nitrogen and oxygen atoms in total. The monoisotopic (exact) mass is 620 g/mol. The first-order valence-corrected chi connectivity index (χ1v) is 13.8. The number of allylic oxidation sites excluding steroid dienone is 2. The minimum atomic E-state index is -4.45. The van der Waals surface area contributed by atoms with Crippen LogP contribution in [0.25, 0.3) is 45.6 Å². The van der Waals surface area contributed by atoms with Gasteiger partial charge in [-0.15, -0.1) is 0 Å². The van der Waals surface area contributed by atoms with Crippen LogP contribution in [0.15, 0.2) is 121 Å². The molecule has 0 aromatic heterocycles. The Hall–Kier alpha value is -5.86. The van der Waals surface area contributed by atoms with E-state index < -0.39 is 23.5 Å². The zero-order valence-corrected chi connectivity index (χ0v) is 23.9. The van der Waals surface area contributed by atoms with Gasteiger partial charge in [0.25, 0.3) is 0 Å². The van der Waals surface area contributed by atoms with Gasteiger partial charge in [-0.2, -0.15) is 36.9 Å². The van der Waals surface area contributed by atoms with E-state index >= 15 is 0 Å². The second-order valence-corrected chi connectivity index (χ2v) is 10.3. The SMILES string of the molecule is N#C/C(=C\c1ccc(-c2ccc(-c3ccc(/C=C(\C#N)c4ccc(C(F)(F)F)cc4)cc3)cc2)cc1)c1ccc(C(F)(F)F)cc1. The summed E-state index contributed by atoms with van der Waals surface area (Å²) in [5.41, 5.74) is 4.96. The summed E-state index contributed by atoms with van der Waals surface area (Å²) in [7, 11) is 0. The molecule has 226 valence electrons. The second kappa shape index (κ2) is 13.0. The molecule has 0 saturated carbocycles. The van der Waals surface area contributed by atoms with Crippen molar-refractivity contribution in [1.82, 2.24) is 0 Å². The number of hydrogen-bond acceptors (Lipinski definition) is 2. The lowest BCUT2D eigenvalue weighted by Crippen LogP contribution is -2.04. The third kappa shape index (κ3) is 7.43. The van der Waals surface area contributed by atoms with Crippen LogP contribution in [0, 0.1) is 22.7 Å². The van der Waals surface area contributed by atoms with Crippen LogP contribution in [0.2, 0.25) is 0 Å². The Morgan fingerprint density at radius 1 is 0.413 bits per heavy atom. The molecule has 0 fully saturated rings. The first kappa shape index (κ1) is 31.6. The minimum absolute atomic E-state index is 0.246. The smallest absolute Gasteiger partial charge is 0.192 e. The van der Waals surface area contributed by atoms with Crippen molar-refractivity contribution in [1.29, 1.82) is 10.5 Å². The molecule has 0 aliphatic heterocycles. The molecule has 0 amide bonds. The maximum absolute atomic E-state index is 12.9. The van der Waals surface area contributed by atoms with Gasteiger partial charge in [0.2, 0.25) is 0 Å². The van der Waals surface area contributed by atoms with Crippen molar-refractivity contribution in [3.63, 3.8) is 0 Å². The number of hydrogen-bond donors (Lipinski definition) is 0. The van der Waals surface area contributed by atoms with Crippen molar-refractivity contribution in [2.24, 2.45) is 0 Å². The maximum atomic E-state index is 12.9. The largest absolute Gasteiger partial charge is 0.416 e. The fraction of sp³-hybridized carbons (Fsp3) is 0.0526. The Morgan fingerprint density at radius 3 is 0.913 bits per heavy atom. The van der Waals surface area contributed by atoms with Crippen LogP contribution in [-0.2, 0) is 12.4 Å². The van der Waals surface area contributed by atoms with Gasteiger partial charge in [-0.25, -0.2) is 0 Å². The number of nitrogens with zero attached hydrogens (tertiary/aromatic N) is 2. The summed E-state index contributed by atoms with van der Waals surface area (Å²) in [6.07, 6.45) is -5.65. The van der Waals surface area contributed by atoms with Crippen molar-refractivity contribution in [3.05, 3.63) is 155 Å². The van der Waals surface area contributed by atoms with E-state index in [1.165, 1.54) is 24.3 Å². The summed E-state index contributed by atoms with van der Waals surface area (Å²) in [4.78, 5) is 0. The first-order valence-electron chi connectivity index (χ1n) is 13.8.